The maximum Gasteiger partial charge on any atom is 0.130 e. The van der Waals surface area contributed by atoms with Crippen LogP contribution in [0.25, 0.3) is 21.5 Å². The van der Waals surface area contributed by atoms with Crippen LogP contribution in [0.5, 0.6) is 5.75 Å². The number of likely N-dealkylation sites (tertiary alicyclic amines) is 2. The third-order valence-electron chi connectivity index (χ3n) is 15.3. The van der Waals surface area contributed by atoms with Gasteiger partial charge in [-0.3, -0.25) is 9.80 Å². The lowest BCUT2D eigenvalue weighted by molar-refractivity contribution is -0.0184. The Hall–Kier alpha value is -6.86. The highest BCUT2D eigenvalue weighted by Gasteiger charge is 2.51. The molecule has 2 heterocycles. The van der Waals surface area contributed by atoms with Crippen molar-refractivity contribution in [3.8, 4) is 5.75 Å². The van der Waals surface area contributed by atoms with Gasteiger partial charge in [-0.1, -0.05) is 224 Å². The molecule has 3 N–H and O–H groups in total. The van der Waals surface area contributed by atoms with Crippen LogP contribution in [0.15, 0.2) is 218 Å². The van der Waals surface area contributed by atoms with Gasteiger partial charge in [0.1, 0.15) is 17.0 Å². The zero-order chi connectivity index (χ0) is 46.2. The maximum atomic E-state index is 13.5. The molecule has 2 fully saturated rings. The number of phenolic OH excluding ortho intramolecular Hbond substituents is 1. The van der Waals surface area contributed by atoms with E-state index in [4.69, 9.17) is 0 Å². The minimum Gasteiger partial charge on any atom is -0.507 e. The highest BCUT2D eigenvalue weighted by atomic mass is 16.3. The van der Waals surface area contributed by atoms with Crippen molar-refractivity contribution in [3.05, 3.63) is 268 Å². The van der Waals surface area contributed by atoms with Crippen molar-refractivity contribution in [2.75, 3.05) is 0 Å². The van der Waals surface area contributed by atoms with E-state index < -0.39 is 11.2 Å². The summed E-state index contributed by atoms with van der Waals surface area (Å²) in [4.78, 5) is 4.95. The minimum atomic E-state index is -1.35. The molecule has 0 radical (unpaired) electrons. The first-order chi connectivity index (χ1) is 33.3. The van der Waals surface area contributed by atoms with Crippen LogP contribution in [0.1, 0.15) is 87.8 Å². The number of benzene rings is 9. The standard InChI is InChI=1S/C63H58N2O3/c1-44-40-47(42-64-57(55-34-18-22-45-20-14-16-32-53(45)55)36-38-59(64)62(67,49-24-6-2-7-25-49)50-26-8-3-9-27-50)61(66)48(41-44)43-65-58(56-35-19-23-46-21-15-17-33-54(46)56)37-39-60(65)63(68,51-28-10-4-11-29-51)52-30-12-5-13-31-52/h2-35,40-41,57-60,66-68H,36-39,42-43H2,1H3/t57-,58-,59-,60-/m0/s1. The van der Waals surface area contributed by atoms with E-state index in [1.165, 1.54) is 32.7 Å². The van der Waals surface area contributed by atoms with Gasteiger partial charge in [0.2, 0.25) is 0 Å². The molecule has 68 heavy (non-hydrogen) atoms. The Morgan fingerprint density at radius 1 is 0.412 bits per heavy atom. The van der Waals surface area contributed by atoms with Gasteiger partial charge < -0.3 is 15.3 Å². The summed E-state index contributed by atoms with van der Waals surface area (Å²) < 4.78 is 0. The molecule has 0 bridgehead atoms. The fraction of sp³-hybridized carbons (Fsp3) is 0.206. The number of phenols is 1. The molecule has 2 saturated heterocycles. The topological polar surface area (TPSA) is 67.2 Å². The fourth-order valence-electron chi connectivity index (χ4n) is 12.3. The van der Waals surface area contributed by atoms with Crippen LogP contribution < -0.4 is 0 Å². The molecule has 0 aliphatic carbocycles. The van der Waals surface area contributed by atoms with Gasteiger partial charge in [0.25, 0.3) is 0 Å². The molecule has 0 aromatic heterocycles. The average Bonchev–Trinajstić information content (AvgIpc) is 4.02. The van der Waals surface area contributed by atoms with Crippen LogP contribution in [0.2, 0.25) is 0 Å². The van der Waals surface area contributed by atoms with E-state index in [9.17, 15) is 15.3 Å². The summed E-state index contributed by atoms with van der Waals surface area (Å²) in [6.07, 6.45) is 3.15. The monoisotopic (exact) mass is 890 g/mol. The number of aromatic hydroxyl groups is 1. The molecule has 5 heteroatoms. The minimum absolute atomic E-state index is 0.0427. The normalized spacial score (nSPS) is 19.2. The molecule has 9 aromatic rings. The molecule has 5 nitrogen and oxygen atoms in total. The number of aryl methyl sites for hydroxylation is 1. The zero-order valence-corrected chi connectivity index (χ0v) is 38.6. The van der Waals surface area contributed by atoms with Crippen molar-refractivity contribution in [1.82, 2.24) is 9.80 Å². The van der Waals surface area contributed by atoms with Gasteiger partial charge in [0, 0.05) is 48.4 Å². The molecule has 11 rings (SSSR count). The Bertz CT molecular complexity index is 2880. The molecule has 0 spiro atoms. The Balaban J connectivity index is 1.05. The van der Waals surface area contributed by atoms with Crippen LogP contribution in [0, 0.1) is 6.92 Å². The lowest BCUT2D eigenvalue weighted by Gasteiger charge is -2.43. The zero-order valence-electron chi connectivity index (χ0n) is 38.6. The lowest BCUT2D eigenvalue weighted by Crippen LogP contribution is -2.49. The number of hydrogen-bond donors (Lipinski definition) is 3. The van der Waals surface area contributed by atoms with Crippen LogP contribution >= 0.6 is 0 Å². The second kappa shape index (κ2) is 18.3. The summed E-state index contributed by atoms with van der Waals surface area (Å²) in [5.74, 6) is 0.256. The summed E-state index contributed by atoms with van der Waals surface area (Å²) in [5, 5.41) is 44.8. The first-order valence-corrected chi connectivity index (χ1v) is 24.3. The summed E-state index contributed by atoms with van der Waals surface area (Å²) in [6.45, 7) is 2.94. The van der Waals surface area contributed by atoms with Crippen LogP contribution in [-0.2, 0) is 24.3 Å². The van der Waals surface area contributed by atoms with E-state index in [2.05, 4.69) is 114 Å². The predicted octanol–water partition coefficient (Wildman–Crippen LogP) is 13.3. The van der Waals surface area contributed by atoms with Crippen LogP contribution in [0.4, 0.5) is 0 Å². The second-order valence-corrected chi connectivity index (χ2v) is 19.1. The van der Waals surface area contributed by atoms with E-state index in [1.807, 2.05) is 121 Å². The molecule has 0 unspecified atom stereocenters. The van der Waals surface area contributed by atoms with Crippen LogP contribution in [-0.4, -0.2) is 37.2 Å². The van der Waals surface area contributed by atoms with Gasteiger partial charge in [0.05, 0.1) is 0 Å². The van der Waals surface area contributed by atoms with E-state index in [1.54, 1.807) is 0 Å². The summed E-state index contributed by atoms with van der Waals surface area (Å²) >= 11 is 0. The lowest BCUT2D eigenvalue weighted by atomic mass is 9.79. The van der Waals surface area contributed by atoms with Gasteiger partial charge in [-0.2, -0.15) is 0 Å². The van der Waals surface area contributed by atoms with Crippen molar-refractivity contribution >= 4 is 21.5 Å². The van der Waals surface area contributed by atoms with E-state index in [0.29, 0.717) is 13.1 Å². The van der Waals surface area contributed by atoms with E-state index in [0.717, 1.165) is 64.6 Å². The maximum absolute atomic E-state index is 13.5. The van der Waals surface area contributed by atoms with Gasteiger partial charge >= 0.3 is 0 Å². The number of nitrogens with zero attached hydrogens (tertiary/aromatic N) is 2. The van der Waals surface area contributed by atoms with Crippen molar-refractivity contribution in [2.45, 2.75) is 81.1 Å². The first kappa shape index (κ1) is 43.7. The summed E-state index contributed by atoms with van der Waals surface area (Å²) in [6, 6.07) is 74.3. The predicted molar refractivity (Wildman–Crippen MR) is 275 cm³/mol. The first-order valence-electron chi connectivity index (χ1n) is 24.3. The number of rotatable bonds is 12. The third-order valence-corrected chi connectivity index (χ3v) is 15.3. The average molecular weight is 891 g/mol. The Morgan fingerprint density at radius 3 is 1.10 bits per heavy atom. The summed E-state index contributed by atoms with van der Waals surface area (Å²) in [7, 11) is 0. The summed E-state index contributed by atoms with van der Waals surface area (Å²) in [5.41, 5.74) is 5.81. The highest BCUT2D eigenvalue weighted by molar-refractivity contribution is 5.87. The Labute approximate surface area is 400 Å². The quantitative estimate of drug-likeness (QED) is 0.114. The Kier molecular flexibility index (Phi) is 11.8. The Morgan fingerprint density at radius 2 is 0.735 bits per heavy atom. The van der Waals surface area contributed by atoms with E-state index in [-0.39, 0.29) is 29.9 Å². The molecule has 2 aliphatic rings. The largest absolute Gasteiger partial charge is 0.507 e. The van der Waals surface area contributed by atoms with E-state index >= 15 is 0 Å². The number of hydrogen-bond acceptors (Lipinski definition) is 5. The molecule has 0 amide bonds. The molecule has 0 saturated carbocycles. The molecule has 4 atom stereocenters. The molecular weight excluding hydrogens is 833 g/mol. The molecule has 2 aliphatic heterocycles. The van der Waals surface area contributed by atoms with Crippen LogP contribution in [0.3, 0.4) is 0 Å². The van der Waals surface area contributed by atoms with Gasteiger partial charge in [-0.15, -0.1) is 0 Å². The molecule has 338 valence electrons. The molecular formula is C63H58N2O3. The van der Waals surface area contributed by atoms with Crippen molar-refractivity contribution < 1.29 is 15.3 Å². The van der Waals surface area contributed by atoms with Gasteiger partial charge in [0.15, 0.2) is 0 Å². The number of fused-ring (bicyclic) bond motifs is 2. The van der Waals surface area contributed by atoms with Crippen molar-refractivity contribution in [1.29, 1.82) is 0 Å². The highest BCUT2D eigenvalue weighted by Crippen LogP contribution is 2.51. The number of aliphatic hydroxyl groups is 2. The van der Waals surface area contributed by atoms with Gasteiger partial charge in [-0.25, -0.2) is 0 Å². The molecule has 9 aromatic carbocycles. The third kappa shape index (κ3) is 7.70. The van der Waals surface area contributed by atoms with Gasteiger partial charge in [-0.05, 0) is 87.5 Å². The SMILES string of the molecule is Cc1cc(CN2[C@H](C(O)(c3ccccc3)c3ccccc3)CC[C@H]2c2cccc3ccccc23)c(O)c(CN2[C@H](C(O)(c3ccccc3)c3ccccc3)CC[C@H]2c2cccc3ccccc23)c1. The van der Waals surface area contributed by atoms with Crippen molar-refractivity contribution in [2.24, 2.45) is 0 Å². The second-order valence-electron chi connectivity index (χ2n) is 19.1. The smallest absolute Gasteiger partial charge is 0.130 e. The fourth-order valence-corrected chi connectivity index (χ4v) is 12.3. The van der Waals surface area contributed by atoms with Crippen molar-refractivity contribution in [3.63, 3.8) is 0 Å².